The Labute approximate surface area is 269 Å². The molecule has 0 bridgehead atoms. The van der Waals surface area contributed by atoms with E-state index in [0.29, 0.717) is 6.61 Å². The maximum atomic E-state index is 12.5. The lowest BCUT2D eigenvalue weighted by Gasteiger charge is -2.20. The van der Waals surface area contributed by atoms with Gasteiger partial charge in [-0.3, -0.25) is 13.8 Å². The van der Waals surface area contributed by atoms with Crippen molar-refractivity contribution in [3.05, 3.63) is 36.5 Å². The van der Waals surface area contributed by atoms with Crippen LogP contribution in [0, 0.1) is 0 Å². The van der Waals surface area contributed by atoms with Crippen molar-refractivity contribution in [2.75, 3.05) is 33.0 Å². The van der Waals surface area contributed by atoms with Crippen molar-refractivity contribution < 1.29 is 32.8 Å². The van der Waals surface area contributed by atoms with Crippen LogP contribution in [0.2, 0.25) is 0 Å². The van der Waals surface area contributed by atoms with E-state index in [1.54, 1.807) is 0 Å². The number of allylic oxidation sites excluding steroid dienone is 6. The molecule has 0 fully saturated rings. The van der Waals surface area contributed by atoms with Crippen molar-refractivity contribution in [2.24, 2.45) is 5.73 Å². The van der Waals surface area contributed by atoms with E-state index in [-0.39, 0.29) is 38.8 Å². The summed E-state index contributed by atoms with van der Waals surface area (Å²) in [4.78, 5) is 22.3. The Morgan fingerprint density at radius 1 is 0.705 bits per heavy atom. The highest BCUT2D eigenvalue weighted by Gasteiger charge is 2.25. The average Bonchev–Trinajstić information content (AvgIpc) is 3.01. The van der Waals surface area contributed by atoms with E-state index in [9.17, 15) is 14.3 Å². The van der Waals surface area contributed by atoms with Crippen LogP contribution < -0.4 is 5.73 Å². The molecule has 0 aliphatic heterocycles. The first-order valence-corrected chi connectivity index (χ1v) is 19.0. The molecule has 0 spiro atoms. The lowest BCUT2D eigenvalue weighted by atomic mass is 10.1. The Balaban J connectivity index is 4.18. The molecule has 258 valence electrons. The highest BCUT2D eigenvalue weighted by molar-refractivity contribution is 7.47. The third kappa shape index (κ3) is 32.1. The van der Waals surface area contributed by atoms with Crippen LogP contribution in [-0.2, 0) is 27.9 Å². The zero-order chi connectivity index (χ0) is 32.4. The quantitative estimate of drug-likeness (QED) is 0.0314. The van der Waals surface area contributed by atoms with E-state index in [0.717, 1.165) is 57.8 Å². The van der Waals surface area contributed by atoms with Crippen LogP contribution in [0.5, 0.6) is 0 Å². The highest BCUT2D eigenvalue weighted by atomic mass is 31.2. The number of esters is 1. The Morgan fingerprint density at radius 2 is 1.27 bits per heavy atom. The van der Waals surface area contributed by atoms with Crippen LogP contribution in [0.25, 0.3) is 0 Å². The summed E-state index contributed by atoms with van der Waals surface area (Å²) in [5.74, 6) is -0.360. The molecule has 0 radical (unpaired) electrons. The van der Waals surface area contributed by atoms with Gasteiger partial charge in [0.2, 0.25) is 0 Å². The largest absolute Gasteiger partial charge is 0.472 e. The van der Waals surface area contributed by atoms with Gasteiger partial charge in [-0.05, 0) is 44.9 Å². The first-order chi connectivity index (χ1) is 21.4. The number of unbranched alkanes of at least 4 members (excludes halogenated alkanes) is 14. The third-order valence-electron chi connectivity index (χ3n) is 7.07. The molecule has 44 heavy (non-hydrogen) atoms. The first-order valence-electron chi connectivity index (χ1n) is 17.5. The molecule has 0 aliphatic carbocycles. The van der Waals surface area contributed by atoms with E-state index in [1.807, 2.05) is 0 Å². The van der Waals surface area contributed by atoms with Gasteiger partial charge in [0.1, 0.15) is 6.10 Å². The number of ether oxygens (including phenoxy) is 2. The number of nitrogens with two attached hydrogens (primary N) is 1. The SMILES string of the molecule is CC/C=C\C/C=C\C/C=C\CCCCCC(=O)OC(COCCCCCCCCCCCCCC)COP(=O)(O)OCCN. The minimum atomic E-state index is -4.27. The second-order valence-corrected chi connectivity index (χ2v) is 12.8. The molecule has 0 rings (SSSR count). The number of hydrogen-bond acceptors (Lipinski definition) is 7. The molecule has 0 saturated carbocycles. The molecule has 2 atom stereocenters. The number of phosphoric acid groups is 1. The van der Waals surface area contributed by atoms with E-state index >= 15 is 0 Å². The maximum Gasteiger partial charge on any atom is 0.472 e. The summed E-state index contributed by atoms with van der Waals surface area (Å²) in [6, 6.07) is 0. The van der Waals surface area contributed by atoms with Gasteiger partial charge in [-0.1, -0.05) is 127 Å². The van der Waals surface area contributed by atoms with Crippen molar-refractivity contribution in [1.82, 2.24) is 0 Å². The van der Waals surface area contributed by atoms with Gasteiger partial charge >= 0.3 is 13.8 Å². The fraction of sp³-hybridized carbons (Fsp3) is 0.800. The van der Waals surface area contributed by atoms with E-state index in [4.69, 9.17) is 24.3 Å². The van der Waals surface area contributed by atoms with Crippen molar-refractivity contribution in [1.29, 1.82) is 0 Å². The van der Waals surface area contributed by atoms with Gasteiger partial charge in [-0.15, -0.1) is 0 Å². The molecule has 0 aliphatic rings. The summed E-state index contributed by atoms with van der Waals surface area (Å²) in [7, 11) is -4.27. The van der Waals surface area contributed by atoms with Crippen LogP contribution in [0.3, 0.4) is 0 Å². The fourth-order valence-electron chi connectivity index (χ4n) is 4.54. The van der Waals surface area contributed by atoms with Gasteiger partial charge in [0.05, 0.1) is 19.8 Å². The van der Waals surface area contributed by atoms with Gasteiger partial charge in [-0.2, -0.15) is 0 Å². The van der Waals surface area contributed by atoms with Crippen molar-refractivity contribution >= 4 is 13.8 Å². The van der Waals surface area contributed by atoms with Crippen LogP contribution in [0.15, 0.2) is 36.5 Å². The van der Waals surface area contributed by atoms with Crippen molar-refractivity contribution in [2.45, 2.75) is 148 Å². The van der Waals surface area contributed by atoms with Crippen molar-refractivity contribution in [3.63, 3.8) is 0 Å². The predicted octanol–water partition coefficient (Wildman–Crippen LogP) is 9.52. The molecule has 8 nitrogen and oxygen atoms in total. The maximum absolute atomic E-state index is 12.5. The zero-order valence-corrected chi connectivity index (χ0v) is 29.0. The van der Waals surface area contributed by atoms with Crippen LogP contribution >= 0.6 is 7.82 Å². The molecule has 0 amide bonds. The Morgan fingerprint density at radius 3 is 1.89 bits per heavy atom. The second-order valence-electron chi connectivity index (χ2n) is 11.4. The molecule has 0 heterocycles. The lowest BCUT2D eigenvalue weighted by Crippen LogP contribution is -2.28. The normalized spacial score (nSPS) is 14.2. The summed E-state index contributed by atoms with van der Waals surface area (Å²) in [5, 5.41) is 0. The molecule has 0 aromatic rings. The molecule has 2 unspecified atom stereocenters. The Kier molecular flexibility index (Phi) is 32.1. The van der Waals surface area contributed by atoms with Gasteiger partial charge < -0.3 is 20.1 Å². The minimum Gasteiger partial charge on any atom is -0.457 e. The summed E-state index contributed by atoms with van der Waals surface area (Å²) >= 11 is 0. The second kappa shape index (κ2) is 33.1. The Bertz CT molecular complexity index is 772. The summed E-state index contributed by atoms with van der Waals surface area (Å²) in [6.45, 7) is 4.75. The summed E-state index contributed by atoms with van der Waals surface area (Å²) < 4.78 is 33.2. The zero-order valence-electron chi connectivity index (χ0n) is 28.1. The summed E-state index contributed by atoms with van der Waals surface area (Å²) in [6.07, 6.45) is 34.4. The van der Waals surface area contributed by atoms with Gasteiger partial charge in [0, 0.05) is 19.6 Å². The summed E-state index contributed by atoms with van der Waals surface area (Å²) in [5.41, 5.74) is 5.34. The standard InChI is InChI=1S/C35H66NO7P/c1-3-5-7-9-11-13-15-17-18-20-22-24-26-28-35(37)43-34(33-42-44(38,39)41-31-29-36)32-40-30-27-25-23-21-19-16-14-12-10-8-6-4-2/h5,7,11,13,17-18,34H,3-4,6,8-10,12,14-16,19-33,36H2,1-2H3,(H,38,39)/b7-5-,13-11-,18-17-. The fourth-order valence-corrected chi connectivity index (χ4v) is 5.30. The van der Waals surface area contributed by atoms with Crippen LogP contribution in [0.1, 0.15) is 142 Å². The molecular formula is C35H66NO7P. The highest BCUT2D eigenvalue weighted by Crippen LogP contribution is 2.43. The number of phosphoric ester groups is 1. The minimum absolute atomic E-state index is 0.0955. The Hall–Kier alpha value is -1.28. The average molecular weight is 644 g/mol. The molecule has 3 N–H and O–H groups in total. The molecular weight excluding hydrogens is 577 g/mol. The number of carbonyl (C=O) groups excluding carboxylic acids is 1. The molecule has 0 saturated heterocycles. The first kappa shape index (κ1) is 42.7. The molecule has 0 aromatic heterocycles. The van der Waals surface area contributed by atoms with Gasteiger partial charge in [0.25, 0.3) is 0 Å². The van der Waals surface area contributed by atoms with Crippen molar-refractivity contribution in [3.8, 4) is 0 Å². The van der Waals surface area contributed by atoms with Gasteiger partial charge in [0.15, 0.2) is 0 Å². The predicted molar refractivity (Wildman–Crippen MR) is 183 cm³/mol. The molecule has 0 aromatic carbocycles. The number of rotatable bonds is 33. The topological polar surface area (TPSA) is 117 Å². The van der Waals surface area contributed by atoms with Crippen LogP contribution in [-0.4, -0.2) is 49.9 Å². The smallest absolute Gasteiger partial charge is 0.457 e. The molecule has 9 heteroatoms. The van der Waals surface area contributed by atoms with Gasteiger partial charge in [-0.25, -0.2) is 4.57 Å². The van der Waals surface area contributed by atoms with E-state index in [2.05, 4.69) is 50.3 Å². The van der Waals surface area contributed by atoms with E-state index in [1.165, 1.54) is 64.2 Å². The number of carbonyl (C=O) groups is 1. The third-order valence-corrected chi connectivity index (χ3v) is 8.06. The van der Waals surface area contributed by atoms with Crippen LogP contribution in [0.4, 0.5) is 0 Å². The van der Waals surface area contributed by atoms with E-state index < -0.39 is 13.9 Å². The lowest BCUT2D eigenvalue weighted by molar-refractivity contribution is -0.154. The monoisotopic (exact) mass is 643 g/mol. The number of hydrogen-bond donors (Lipinski definition) is 2.